The van der Waals surface area contributed by atoms with E-state index in [4.69, 9.17) is 11.6 Å². The number of halogens is 3. The van der Waals surface area contributed by atoms with Gasteiger partial charge in [-0.05, 0) is 18.9 Å². The van der Waals surface area contributed by atoms with Gasteiger partial charge in [0.25, 0.3) is 0 Å². The maximum Gasteiger partial charge on any atom is 0.166 e. The van der Waals surface area contributed by atoms with Gasteiger partial charge in [-0.3, -0.25) is 0 Å². The van der Waals surface area contributed by atoms with Crippen molar-refractivity contribution in [1.29, 1.82) is 0 Å². The monoisotopic (exact) mass is 294 g/mol. The van der Waals surface area contributed by atoms with Crippen LogP contribution in [-0.4, -0.2) is 16.4 Å². The molecule has 15 heavy (non-hydrogen) atoms. The van der Waals surface area contributed by atoms with Crippen molar-refractivity contribution in [2.24, 2.45) is 5.92 Å². The maximum absolute atomic E-state index is 13.4. The number of hydrogen-bond donors (Lipinski definition) is 1. The highest BCUT2D eigenvalue weighted by Gasteiger charge is 2.13. The van der Waals surface area contributed by atoms with Gasteiger partial charge < -0.3 is 5.32 Å². The summed E-state index contributed by atoms with van der Waals surface area (Å²) in [6.45, 7) is 4.06. The summed E-state index contributed by atoms with van der Waals surface area (Å²) in [6.07, 6.45) is 1.43. The minimum absolute atomic E-state index is 0.146. The van der Waals surface area contributed by atoms with E-state index in [0.29, 0.717) is 10.9 Å². The van der Waals surface area contributed by atoms with E-state index >= 15 is 0 Å². The first-order valence-electron chi connectivity index (χ1n) is 4.68. The highest BCUT2D eigenvalue weighted by atomic mass is 79.9. The van der Waals surface area contributed by atoms with Crippen molar-refractivity contribution >= 4 is 33.3 Å². The van der Waals surface area contributed by atoms with Gasteiger partial charge in [0.1, 0.15) is 0 Å². The highest BCUT2D eigenvalue weighted by molar-refractivity contribution is 9.09. The van der Waals surface area contributed by atoms with Crippen molar-refractivity contribution in [2.45, 2.75) is 19.9 Å². The SMILES string of the molecule is CC(CBr)C(C)Nc1ncc(Cl)cc1F. The van der Waals surface area contributed by atoms with Crippen LogP contribution < -0.4 is 5.32 Å². The maximum atomic E-state index is 13.4. The lowest BCUT2D eigenvalue weighted by atomic mass is 10.1. The molecule has 5 heteroatoms. The minimum atomic E-state index is -0.420. The molecular weight excluding hydrogens is 282 g/mol. The molecule has 0 aliphatic heterocycles. The average molecular weight is 296 g/mol. The molecule has 1 rings (SSSR count). The molecule has 0 radical (unpaired) electrons. The average Bonchev–Trinajstić information content (AvgIpc) is 2.20. The summed E-state index contributed by atoms with van der Waals surface area (Å²) in [4.78, 5) is 3.90. The Morgan fingerprint density at radius 3 is 2.80 bits per heavy atom. The smallest absolute Gasteiger partial charge is 0.166 e. The fourth-order valence-electron chi connectivity index (χ4n) is 1.01. The van der Waals surface area contributed by atoms with E-state index in [-0.39, 0.29) is 11.9 Å². The molecule has 1 heterocycles. The second-order valence-corrected chi connectivity index (χ2v) is 4.63. The Morgan fingerprint density at radius 1 is 1.60 bits per heavy atom. The Hall–Kier alpha value is -0.350. The van der Waals surface area contributed by atoms with Crippen molar-refractivity contribution in [1.82, 2.24) is 4.98 Å². The topological polar surface area (TPSA) is 24.9 Å². The van der Waals surface area contributed by atoms with E-state index in [2.05, 4.69) is 33.2 Å². The van der Waals surface area contributed by atoms with Crippen LogP contribution in [0.15, 0.2) is 12.3 Å². The van der Waals surface area contributed by atoms with E-state index in [0.717, 1.165) is 5.33 Å². The van der Waals surface area contributed by atoms with Crippen LogP contribution in [0, 0.1) is 11.7 Å². The van der Waals surface area contributed by atoms with Crippen LogP contribution in [0.25, 0.3) is 0 Å². The molecule has 1 aromatic rings. The van der Waals surface area contributed by atoms with E-state index in [1.165, 1.54) is 12.3 Å². The van der Waals surface area contributed by atoms with Gasteiger partial charge in [-0.15, -0.1) is 0 Å². The molecule has 0 fully saturated rings. The second kappa shape index (κ2) is 5.66. The zero-order valence-corrected chi connectivity index (χ0v) is 10.9. The zero-order valence-electron chi connectivity index (χ0n) is 8.60. The zero-order chi connectivity index (χ0) is 11.4. The van der Waals surface area contributed by atoms with Crippen LogP contribution >= 0.6 is 27.5 Å². The van der Waals surface area contributed by atoms with E-state index in [1.807, 2.05) is 6.92 Å². The van der Waals surface area contributed by atoms with Crippen LogP contribution in [-0.2, 0) is 0 Å². The molecule has 1 N–H and O–H groups in total. The van der Waals surface area contributed by atoms with Gasteiger partial charge >= 0.3 is 0 Å². The number of nitrogens with zero attached hydrogens (tertiary/aromatic N) is 1. The molecule has 1 aromatic heterocycles. The summed E-state index contributed by atoms with van der Waals surface area (Å²) < 4.78 is 13.4. The van der Waals surface area contributed by atoms with Gasteiger partial charge in [0.15, 0.2) is 11.6 Å². The number of pyridine rings is 1. The number of alkyl halides is 1. The predicted octanol–water partition coefficient (Wildman–Crippen LogP) is 3.71. The van der Waals surface area contributed by atoms with Gasteiger partial charge in [-0.1, -0.05) is 34.5 Å². The largest absolute Gasteiger partial charge is 0.365 e. The molecule has 2 nitrogen and oxygen atoms in total. The first kappa shape index (κ1) is 12.7. The summed E-state index contributed by atoms with van der Waals surface area (Å²) >= 11 is 8.99. The molecule has 0 aliphatic rings. The number of hydrogen-bond acceptors (Lipinski definition) is 2. The van der Waals surface area contributed by atoms with Crippen LogP contribution in [0.5, 0.6) is 0 Å². The molecule has 84 valence electrons. The Kier molecular flexibility index (Phi) is 4.80. The molecule has 2 unspecified atom stereocenters. The van der Waals surface area contributed by atoms with Crippen molar-refractivity contribution in [2.75, 3.05) is 10.6 Å². The number of anilines is 1. The van der Waals surface area contributed by atoms with Crippen LogP contribution in [0.2, 0.25) is 5.02 Å². The van der Waals surface area contributed by atoms with Crippen molar-refractivity contribution in [3.05, 3.63) is 23.1 Å². The third-order valence-electron chi connectivity index (χ3n) is 2.27. The van der Waals surface area contributed by atoms with Crippen LogP contribution in [0.1, 0.15) is 13.8 Å². The lowest BCUT2D eigenvalue weighted by Crippen LogP contribution is -2.25. The second-order valence-electron chi connectivity index (χ2n) is 3.55. The lowest BCUT2D eigenvalue weighted by Gasteiger charge is -2.19. The molecule has 0 aliphatic carbocycles. The standard InChI is InChI=1S/C10H13BrClFN2/c1-6(4-11)7(2)15-10-9(13)3-8(12)5-14-10/h3,5-7H,4H2,1-2H3,(H,14,15). The number of nitrogens with one attached hydrogen (secondary N) is 1. The highest BCUT2D eigenvalue weighted by Crippen LogP contribution is 2.18. The van der Waals surface area contributed by atoms with E-state index in [9.17, 15) is 4.39 Å². The Labute approximate surface area is 102 Å². The predicted molar refractivity (Wildman–Crippen MR) is 65.2 cm³/mol. The van der Waals surface area contributed by atoms with Gasteiger partial charge in [-0.25, -0.2) is 9.37 Å². The Morgan fingerprint density at radius 2 is 2.27 bits per heavy atom. The lowest BCUT2D eigenvalue weighted by molar-refractivity contribution is 0.559. The molecule has 0 spiro atoms. The Balaban J connectivity index is 2.72. The van der Waals surface area contributed by atoms with Gasteiger partial charge in [0, 0.05) is 17.6 Å². The fourth-order valence-corrected chi connectivity index (χ4v) is 1.72. The first-order valence-corrected chi connectivity index (χ1v) is 6.18. The van der Waals surface area contributed by atoms with Crippen molar-refractivity contribution < 1.29 is 4.39 Å². The van der Waals surface area contributed by atoms with Crippen molar-refractivity contribution in [3.8, 4) is 0 Å². The summed E-state index contributed by atoms with van der Waals surface area (Å²) in [7, 11) is 0. The minimum Gasteiger partial charge on any atom is -0.365 e. The first-order chi connectivity index (χ1) is 7.04. The van der Waals surface area contributed by atoms with Crippen LogP contribution in [0.4, 0.5) is 10.2 Å². The molecule has 2 atom stereocenters. The van der Waals surface area contributed by atoms with Gasteiger partial charge in [-0.2, -0.15) is 0 Å². The Bertz CT molecular complexity index is 335. The van der Waals surface area contributed by atoms with E-state index < -0.39 is 5.82 Å². The normalized spacial score (nSPS) is 14.7. The molecule has 0 bridgehead atoms. The molecule has 0 amide bonds. The molecular formula is C10H13BrClFN2. The van der Waals surface area contributed by atoms with E-state index in [1.54, 1.807) is 0 Å². The van der Waals surface area contributed by atoms with Crippen LogP contribution in [0.3, 0.4) is 0 Å². The molecule has 0 saturated heterocycles. The van der Waals surface area contributed by atoms with Crippen molar-refractivity contribution in [3.63, 3.8) is 0 Å². The summed E-state index contributed by atoms with van der Waals surface area (Å²) in [6, 6.07) is 1.40. The number of aromatic nitrogens is 1. The summed E-state index contributed by atoms with van der Waals surface area (Å²) in [5.41, 5.74) is 0. The summed E-state index contributed by atoms with van der Waals surface area (Å²) in [5.74, 6) is 0.220. The van der Waals surface area contributed by atoms with Gasteiger partial charge in [0.2, 0.25) is 0 Å². The summed E-state index contributed by atoms with van der Waals surface area (Å²) in [5, 5.41) is 4.18. The quantitative estimate of drug-likeness (QED) is 0.857. The fraction of sp³-hybridized carbons (Fsp3) is 0.500. The van der Waals surface area contributed by atoms with Gasteiger partial charge in [0.05, 0.1) is 5.02 Å². The number of rotatable bonds is 4. The molecule has 0 saturated carbocycles. The third-order valence-corrected chi connectivity index (χ3v) is 3.50. The molecule has 0 aromatic carbocycles. The third kappa shape index (κ3) is 3.61.